The number of methoxy groups -OCH3 is 2. The lowest BCUT2D eigenvalue weighted by Gasteiger charge is -2.08. The zero-order valence-corrected chi connectivity index (χ0v) is 13.4. The Labute approximate surface area is 130 Å². The highest BCUT2D eigenvalue weighted by Crippen LogP contribution is 1.98. The minimum Gasteiger partial charge on any atom is -0.450 e. The summed E-state index contributed by atoms with van der Waals surface area (Å²) in [6.45, 7) is 4.93. The maximum Gasteiger partial charge on any atom is 0.506 e. The van der Waals surface area contributed by atoms with Crippen LogP contribution in [-0.2, 0) is 23.7 Å². The molecule has 132 valence electrons. The summed E-state index contributed by atoms with van der Waals surface area (Å²) in [5.74, 6) is 0. The van der Waals surface area contributed by atoms with E-state index in [1.165, 1.54) is 19.8 Å². The van der Waals surface area contributed by atoms with Gasteiger partial charge in [-0.2, -0.15) is 0 Å². The second-order valence-electron chi connectivity index (χ2n) is 4.13. The maximum atomic E-state index is 9.83. The number of carboxylic acid groups (broad SMARTS) is 2. The van der Waals surface area contributed by atoms with Gasteiger partial charge in [-0.15, -0.1) is 0 Å². The van der Waals surface area contributed by atoms with Gasteiger partial charge < -0.3 is 33.9 Å². The fourth-order valence-corrected chi connectivity index (χ4v) is 1.00. The standard InChI is InChI=1S/C5H8O6.C4H10O2.C4H8O/c1-3(11-5(8)9)2-10-4(6)7;1-4(5-2)6-3;1-2-4-5-3-1/h3H,2H2,1H3,(H,6,7)(H,8,9);4H,1-3H3;1-4H2. The lowest BCUT2D eigenvalue weighted by atomic mass is 10.4. The molecule has 1 heterocycles. The minimum atomic E-state index is -1.45. The molecule has 0 saturated carbocycles. The van der Waals surface area contributed by atoms with E-state index in [2.05, 4.69) is 18.9 Å². The highest BCUT2D eigenvalue weighted by atomic mass is 16.7. The van der Waals surface area contributed by atoms with Crippen molar-refractivity contribution in [2.75, 3.05) is 34.0 Å². The van der Waals surface area contributed by atoms with Gasteiger partial charge in [0.25, 0.3) is 0 Å². The van der Waals surface area contributed by atoms with Gasteiger partial charge in [-0.3, -0.25) is 0 Å². The van der Waals surface area contributed by atoms with Crippen LogP contribution >= 0.6 is 0 Å². The van der Waals surface area contributed by atoms with E-state index in [1.54, 1.807) is 14.2 Å². The molecule has 22 heavy (non-hydrogen) atoms. The van der Waals surface area contributed by atoms with Crippen molar-refractivity contribution >= 4 is 12.3 Å². The molecule has 0 aromatic rings. The number of hydrogen-bond donors (Lipinski definition) is 2. The molecular weight excluding hydrogens is 300 g/mol. The molecule has 0 aliphatic carbocycles. The van der Waals surface area contributed by atoms with Crippen molar-refractivity contribution in [2.45, 2.75) is 39.1 Å². The van der Waals surface area contributed by atoms with E-state index in [1.807, 2.05) is 6.92 Å². The molecular formula is C13H26O9. The normalized spacial score (nSPS) is 14.0. The van der Waals surface area contributed by atoms with E-state index in [-0.39, 0.29) is 12.9 Å². The van der Waals surface area contributed by atoms with Gasteiger partial charge >= 0.3 is 12.3 Å². The maximum absolute atomic E-state index is 9.83. The first kappa shape index (κ1) is 22.7. The van der Waals surface area contributed by atoms with Crippen LogP contribution in [0.5, 0.6) is 0 Å². The van der Waals surface area contributed by atoms with Crippen molar-refractivity contribution in [1.29, 1.82) is 0 Å². The van der Waals surface area contributed by atoms with Gasteiger partial charge in [0.2, 0.25) is 0 Å². The summed E-state index contributed by atoms with van der Waals surface area (Å²) >= 11 is 0. The van der Waals surface area contributed by atoms with E-state index >= 15 is 0 Å². The number of carbonyl (C=O) groups is 2. The van der Waals surface area contributed by atoms with Crippen molar-refractivity contribution in [3.8, 4) is 0 Å². The summed E-state index contributed by atoms with van der Waals surface area (Å²) in [6, 6.07) is 0. The minimum absolute atomic E-state index is 0.0648. The van der Waals surface area contributed by atoms with E-state index in [9.17, 15) is 9.59 Å². The van der Waals surface area contributed by atoms with Crippen molar-refractivity contribution < 1.29 is 43.5 Å². The van der Waals surface area contributed by atoms with Crippen LogP contribution in [0.4, 0.5) is 9.59 Å². The third-order valence-corrected chi connectivity index (χ3v) is 2.23. The third kappa shape index (κ3) is 20.7. The van der Waals surface area contributed by atoms with Gasteiger partial charge in [-0.25, -0.2) is 9.59 Å². The van der Waals surface area contributed by atoms with Gasteiger partial charge in [-0.1, -0.05) is 0 Å². The van der Waals surface area contributed by atoms with Crippen LogP contribution < -0.4 is 0 Å². The Kier molecular flexibility index (Phi) is 16.3. The zero-order valence-electron chi connectivity index (χ0n) is 13.4. The Morgan fingerprint density at radius 2 is 1.55 bits per heavy atom. The summed E-state index contributed by atoms with van der Waals surface area (Å²) in [4.78, 5) is 19.6. The molecule has 9 nitrogen and oxygen atoms in total. The van der Waals surface area contributed by atoms with Crippen LogP contribution in [0.15, 0.2) is 0 Å². The van der Waals surface area contributed by atoms with Gasteiger partial charge in [0.15, 0.2) is 6.29 Å². The molecule has 1 atom stereocenters. The smallest absolute Gasteiger partial charge is 0.450 e. The predicted molar refractivity (Wildman–Crippen MR) is 76.1 cm³/mol. The first-order chi connectivity index (χ1) is 10.3. The molecule has 9 heteroatoms. The van der Waals surface area contributed by atoms with E-state index in [4.69, 9.17) is 14.9 Å². The Balaban J connectivity index is 0. The summed E-state index contributed by atoms with van der Waals surface area (Å²) in [5, 5.41) is 16.0. The molecule has 1 aliphatic rings. The van der Waals surface area contributed by atoms with Crippen LogP contribution in [0.1, 0.15) is 26.7 Å². The second-order valence-corrected chi connectivity index (χ2v) is 4.13. The van der Waals surface area contributed by atoms with E-state index in [0.29, 0.717) is 0 Å². The van der Waals surface area contributed by atoms with Gasteiger partial charge in [-0.05, 0) is 26.7 Å². The van der Waals surface area contributed by atoms with E-state index in [0.717, 1.165) is 13.2 Å². The van der Waals surface area contributed by atoms with Crippen LogP contribution in [0, 0.1) is 0 Å². The van der Waals surface area contributed by atoms with Crippen LogP contribution in [0.3, 0.4) is 0 Å². The fourth-order valence-electron chi connectivity index (χ4n) is 1.00. The molecule has 1 aliphatic heterocycles. The largest absolute Gasteiger partial charge is 0.506 e. The van der Waals surface area contributed by atoms with Gasteiger partial charge in [0, 0.05) is 27.4 Å². The quantitative estimate of drug-likeness (QED) is 0.578. The van der Waals surface area contributed by atoms with Gasteiger partial charge in [0.1, 0.15) is 12.7 Å². The molecule has 1 rings (SSSR count). The Hall–Kier alpha value is -1.58. The van der Waals surface area contributed by atoms with Gasteiger partial charge in [0.05, 0.1) is 0 Å². The molecule has 0 spiro atoms. The number of ether oxygens (including phenoxy) is 5. The first-order valence-electron chi connectivity index (χ1n) is 6.72. The molecule has 2 N–H and O–H groups in total. The Morgan fingerprint density at radius 3 is 1.77 bits per heavy atom. The summed E-state index contributed by atoms with van der Waals surface area (Å²) < 4.78 is 22.5. The SMILES string of the molecule is C1CCOC1.CC(COC(=O)O)OC(=O)O.COC(C)OC. The number of rotatable bonds is 5. The van der Waals surface area contributed by atoms with Crippen LogP contribution in [-0.4, -0.2) is 69.0 Å². The summed E-state index contributed by atoms with van der Waals surface area (Å²) in [7, 11) is 3.21. The first-order valence-corrected chi connectivity index (χ1v) is 6.72. The predicted octanol–water partition coefficient (Wildman–Crippen LogP) is 2.19. The number of hydrogen-bond acceptors (Lipinski definition) is 7. The lowest BCUT2D eigenvalue weighted by Crippen LogP contribution is -2.20. The average molecular weight is 326 g/mol. The van der Waals surface area contributed by atoms with E-state index < -0.39 is 18.4 Å². The molecule has 1 saturated heterocycles. The fraction of sp³-hybridized carbons (Fsp3) is 0.846. The third-order valence-electron chi connectivity index (χ3n) is 2.23. The second kappa shape index (κ2) is 15.8. The molecule has 1 unspecified atom stereocenters. The van der Waals surface area contributed by atoms with Crippen molar-refractivity contribution in [2.24, 2.45) is 0 Å². The Bertz CT molecular complexity index is 267. The zero-order chi connectivity index (χ0) is 17.4. The highest BCUT2D eigenvalue weighted by molar-refractivity contribution is 5.58. The lowest BCUT2D eigenvalue weighted by molar-refractivity contribution is -0.0877. The van der Waals surface area contributed by atoms with Crippen LogP contribution in [0.25, 0.3) is 0 Å². The monoisotopic (exact) mass is 326 g/mol. The molecule has 0 amide bonds. The Morgan fingerprint density at radius 1 is 1.05 bits per heavy atom. The topological polar surface area (TPSA) is 121 Å². The molecule has 0 bridgehead atoms. The molecule has 1 fully saturated rings. The highest BCUT2D eigenvalue weighted by Gasteiger charge is 2.09. The van der Waals surface area contributed by atoms with Crippen molar-refractivity contribution in [3.63, 3.8) is 0 Å². The molecule has 0 radical (unpaired) electrons. The van der Waals surface area contributed by atoms with Crippen molar-refractivity contribution in [1.82, 2.24) is 0 Å². The van der Waals surface area contributed by atoms with Crippen molar-refractivity contribution in [3.05, 3.63) is 0 Å². The summed E-state index contributed by atoms with van der Waals surface area (Å²) in [5.41, 5.74) is 0. The average Bonchev–Trinajstić information content (AvgIpc) is 3.03. The molecule has 0 aromatic heterocycles. The summed E-state index contributed by atoms with van der Waals surface area (Å²) in [6.07, 6.45) is -1.19. The molecule has 0 aromatic carbocycles. The van der Waals surface area contributed by atoms with Crippen LogP contribution in [0.2, 0.25) is 0 Å².